The van der Waals surface area contributed by atoms with E-state index in [-0.39, 0.29) is 47.4 Å². The molecule has 2 aliphatic heterocycles. The lowest BCUT2D eigenvalue weighted by molar-refractivity contribution is -0.125. The van der Waals surface area contributed by atoms with Crippen LogP contribution in [0.15, 0.2) is 198 Å². The lowest BCUT2D eigenvalue weighted by Crippen LogP contribution is -2.29. The van der Waals surface area contributed by atoms with Gasteiger partial charge in [0.25, 0.3) is 23.0 Å². The van der Waals surface area contributed by atoms with Crippen molar-refractivity contribution in [2.75, 3.05) is 86.5 Å². The minimum Gasteiger partial charge on any atom is -0.423 e. The van der Waals surface area contributed by atoms with Crippen molar-refractivity contribution >= 4 is 243 Å². The lowest BCUT2D eigenvalue weighted by atomic mass is 9.80. The normalized spacial score (nSPS) is 14.3. The van der Waals surface area contributed by atoms with Gasteiger partial charge in [0.2, 0.25) is 11.8 Å². The van der Waals surface area contributed by atoms with Crippen molar-refractivity contribution < 1.29 is 53.7 Å². The van der Waals surface area contributed by atoms with Crippen molar-refractivity contribution in [3.63, 3.8) is 0 Å². The lowest BCUT2D eigenvalue weighted by Gasteiger charge is -2.16. The zero-order valence-electron chi connectivity index (χ0n) is 74.1. The van der Waals surface area contributed by atoms with Crippen LogP contribution in [0.4, 0.5) is 32.2 Å². The fourth-order valence-corrected chi connectivity index (χ4v) is 18.3. The maximum absolute atomic E-state index is 12.8. The monoisotopic (exact) mass is 2180 g/mol. The second-order valence-corrected chi connectivity index (χ2v) is 40.9. The number of Topliss-reactive ketones (excluding diaryl/α,β-unsaturated/α-hetero) is 1. The average Bonchev–Trinajstić information content (AvgIpc) is 1.61. The van der Waals surface area contributed by atoms with E-state index in [1.807, 2.05) is 102 Å². The number of rotatable bonds is 23. The average molecular weight is 2180 g/mol. The Morgan fingerprint density at radius 3 is 1.23 bits per heavy atom. The number of thiazole rings is 5. The predicted molar refractivity (Wildman–Crippen MR) is 549 cm³/mol. The van der Waals surface area contributed by atoms with Gasteiger partial charge in [0.05, 0.1) is 29.3 Å². The number of benzene rings is 5. The molecule has 18 rings (SSSR count). The maximum atomic E-state index is 12.8. The molecule has 45 heteroatoms. The molecule has 34 nitrogen and oxygen atoms in total. The molecule has 2 atom stereocenters. The molecule has 2 saturated carbocycles. The first-order valence-electron chi connectivity index (χ1n) is 42.2. The summed E-state index contributed by atoms with van der Waals surface area (Å²) in [6.45, 7) is 13.9. The number of nitrogens with two attached hydrogens (primary N) is 3. The number of ketones is 1. The summed E-state index contributed by atoms with van der Waals surface area (Å²) in [5.74, 6) is 0.188. The molecule has 11 heterocycles. The Morgan fingerprint density at radius 1 is 0.481 bits per heavy atom. The number of carbonyl (C=O) groups is 7. The number of fused-ring (bicyclic) bond motifs is 2. The number of nitrogen functional groups attached to an aromatic ring is 3. The highest BCUT2D eigenvalue weighted by Crippen LogP contribution is 2.36. The Labute approximate surface area is 833 Å². The second-order valence-electron chi connectivity index (χ2n) is 31.4. The molecule has 0 spiro atoms. The summed E-state index contributed by atoms with van der Waals surface area (Å²) in [4.78, 5) is 135. The van der Waals surface area contributed by atoms with Crippen LogP contribution in [0.25, 0.3) is 33.3 Å². The molecule has 2 saturated heterocycles. The fraction of sp³-hybridized carbons (Fsp3) is 0.267. The Hall–Kier alpha value is -11.2. The van der Waals surface area contributed by atoms with Gasteiger partial charge in [-0.25, -0.2) is 54.2 Å². The molecular weight excluding hydrogens is 2080 g/mol. The van der Waals surface area contributed by atoms with E-state index in [4.69, 9.17) is 54.0 Å². The van der Waals surface area contributed by atoms with Gasteiger partial charge in [-0.15, -0.1) is 56.7 Å². The molecular formula is C90H95B2Br2ClIN23O11S5. The smallest absolute Gasteiger partial charge is 0.423 e. The van der Waals surface area contributed by atoms with E-state index in [0.29, 0.717) is 120 Å². The molecule has 700 valence electrons. The van der Waals surface area contributed by atoms with E-state index in [0.717, 1.165) is 96.7 Å². The summed E-state index contributed by atoms with van der Waals surface area (Å²) in [6.07, 6.45) is 25.9. The van der Waals surface area contributed by atoms with Gasteiger partial charge in [-0.05, 0) is 205 Å². The Morgan fingerprint density at radius 2 is 0.859 bits per heavy atom. The van der Waals surface area contributed by atoms with Crippen LogP contribution in [0.3, 0.4) is 0 Å². The molecule has 13 N–H and O–H groups in total. The van der Waals surface area contributed by atoms with Gasteiger partial charge in [-0.2, -0.15) is 10.2 Å². The molecule has 9 aromatic heterocycles. The van der Waals surface area contributed by atoms with E-state index >= 15 is 0 Å². The molecule has 5 aromatic carbocycles. The highest BCUT2D eigenvalue weighted by Gasteiger charge is 2.33. The van der Waals surface area contributed by atoms with E-state index in [1.165, 1.54) is 132 Å². The molecule has 4 fully saturated rings. The van der Waals surface area contributed by atoms with E-state index in [2.05, 4.69) is 144 Å². The number of aromatic nitrogens is 13. The highest BCUT2D eigenvalue weighted by atomic mass is 127. The number of nitrogens with one attached hydrogen (secondary N) is 3. The van der Waals surface area contributed by atoms with Crippen LogP contribution in [0.2, 0.25) is 0 Å². The highest BCUT2D eigenvalue weighted by molar-refractivity contribution is 14.1. The van der Waals surface area contributed by atoms with Crippen LogP contribution in [0.5, 0.6) is 0 Å². The zero-order valence-corrected chi connectivity index (χ0v) is 84.3. The maximum Gasteiger partial charge on any atom is 0.488 e. The Balaban J connectivity index is 0.000000151. The van der Waals surface area contributed by atoms with Gasteiger partial charge >= 0.3 is 14.2 Å². The van der Waals surface area contributed by atoms with Gasteiger partial charge in [-0.1, -0.05) is 92.5 Å². The fourth-order valence-electron chi connectivity index (χ4n) is 13.6. The van der Waals surface area contributed by atoms with E-state index in [1.54, 1.807) is 90.9 Å². The first kappa shape index (κ1) is 103. The van der Waals surface area contributed by atoms with Crippen LogP contribution in [0, 0.1) is 38.3 Å². The minimum absolute atomic E-state index is 0.0132. The molecule has 14 aromatic rings. The first-order valence-corrected chi connectivity index (χ1v) is 49.3. The number of halogens is 4. The third kappa shape index (κ3) is 30.1. The SMILES string of the molecule is CN(C/C=C/C(=O)N1CC[C@@H](n2nc(I)c3c(N)ncnc32)C1)C1CC1.Cc1cnc(CC(=O)c2ccc(Br)cc2)s1.Cc1cnc(N)s1.Cc1cnc(NC(=O)c2ccc(-c3nn([C@@H]4CCN(C(=O)/C=C/CN(C)C5CC5)C4)c4ncnc(N)c34)cc2)s1.Cc1cnc(NC(=O)c2ccc(B(O)O)cc2)s1.Cc1cnc(NC(=O)c2ccc(B(O)O)cc2)s1.O=C(Cl)c1ccc(Br)cc1. The number of nitrogens with zero attached hydrogens (tertiary/aromatic N) is 17. The van der Waals surface area contributed by atoms with Crippen LogP contribution in [-0.4, -0.2) is 224 Å². The predicted octanol–water partition coefficient (Wildman–Crippen LogP) is 13.2. The Kier molecular flexibility index (Phi) is 37.3. The summed E-state index contributed by atoms with van der Waals surface area (Å²) in [5.41, 5.74) is 23.7. The summed E-state index contributed by atoms with van der Waals surface area (Å²) < 4.78 is 6.48. The van der Waals surface area contributed by atoms with E-state index in [9.17, 15) is 33.6 Å². The molecule has 0 bridgehead atoms. The molecule has 0 unspecified atom stereocenters. The summed E-state index contributed by atoms with van der Waals surface area (Å²) in [7, 11) is 1.15. The summed E-state index contributed by atoms with van der Waals surface area (Å²) in [6, 6.07) is 35.0. The standard InChI is InChI=1S/C28H31N9O2S.C17H22IN7O.C12H10BrNOS.2C11H11BN2O3S.C7H4BrClO.C4H6N2S/c1-17-14-30-28(40-17)33-27(39)19-7-5-18(6-8-19)24-23-25(29)31-16-32-26(23)37(34-24)21-11-13-36(15-21)22(38)4-3-12-35(2)20-9-10-20;1-23(11-4-5-11)7-2-3-13(26)24-8-6-12(9-24)25-17-14(15(18)22-25)16(19)20-10-21-17;1-8-7-14-12(16-8)6-11(15)9-2-4-10(13)5-3-9;2*1-7-6-13-11(18-7)14-10(15)8-2-4-9(5-3-8)12(16)17;8-6-3-1-5(2-4-6)7(9)10;1-3-2-6-4(5)7-3/h3-8,14,16,20-21H,9-13,15H2,1-2H3,(H2,29,31,32)(H,30,33,39);2-3,10-12H,4-9H2,1H3,(H2,19,20,21);2-5,7H,6H2,1H3;2*2-6,16-17H,1H3,(H,13,14,15);1-4H;2H,1H3,(H2,5,6)/b4-3+;3-2+;;;;;/t21-;12-;;;;;/m11...../s1. The number of hydrogen-bond donors (Lipinski definition) is 10. The van der Waals surface area contributed by atoms with Crippen molar-refractivity contribution in [1.29, 1.82) is 0 Å². The van der Waals surface area contributed by atoms with Crippen molar-refractivity contribution in [2.45, 2.75) is 104 Å². The van der Waals surface area contributed by atoms with Gasteiger partial charge in [0.15, 0.2) is 37.6 Å². The number of anilines is 6. The van der Waals surface area contributed by atoms with Crippen LogP contribution < -0.4 is 44.1 Å². The molecule has 4 aliphatic rings. The molecule has 135 heavy (non-hydrogen) atoms. The van der Waals surface area contributed by atoms with Crippen molar-refractivity contribution in [3.8, 4) is 11.3 Å². The number of hydrogen-bond acceptors (Lipinski definition) is 32. The van der Waals surface area contributed by atoms with Gasteiger partial charge in [0.1, 0.15) is 38.7 Å². The molecule has 5 amide bonds. The molecule has 2 aliphatic carbocycles. The quantitative estimate of drug-likeness (QED) is 0.00934. The molecule has 0 radical (unpaired) electrons. The van der Waals surface area contributed by atoms with Gasteiger partial charge in [0, 0.05) is 161 Å². The van der Waals surface area contributed by atoms with Gasteiger partial charge in [-0.3, -0.25) is 59.3 Å². The topological polar surface area (TPSA) is 479 Å². The number of likely N-dealkylation sites (N-methyl/N-ethyl adjacent to an activating group) is 2. The van der Waals surface area contributed by atoms with Crippen LogP contribution in [-0.2, 0) is 16.0 Å². The largest absolute Gasteiger partial charge is 0.488 e. The van der Waals surface area contributed by atoms with Crippen LogP contribution in [0.1, 0.15) is 132 Å². The zero-order chi connectivity index (χ0) is 96.7. The van der Waals surface area contributed by atoms with Gasteiger partial charge < -0.3 is 47.1 Å². The van der Waals surface area contributed by atoms with E-state index < -0.39 is 19.5 Å². The third-order valence-electron chi connectivity index (χ3n) is 21.0. The number of aryl methyl sites for hydroxylation is 5. The first-order chi connectivity index (χ1) is 64.7. The second kappa shape index (κ2) is 49.0. The van der Waals surface area contributed by atoms with Crippen molar-refractivity contribution in [3.05, 3.63) is 259 Å². The van der Waals surface area contributed by atoms with Crippen molar-refractivity contribution in [2.24, 2.45) is 0 Å². The van der Waals surface area contributed by atoms with Crippen LogP contribution >= 0.6 is 123 Å². The number of likely N-dealkylation sites (tertiary alicyclic amines) is 2. The van der Waals surface area contributed by atoms with Crippen molar-refractivity contribution in [1.82, 2.24) is 84.0 Å². The number of carbonyl (C=O) groups excluding carboxylic acids is 7. The minimum atomic E-state index is -1.52. The Bertz CT molecular complexity index is 6380. The third-order valence-corrected chi connectivity index (χ3v) is 27.2. The summed E-state index contributed by atoms with van der Waals surface area (Å²) >= 11 is 21.2. The number of amides is 5. The summed E-state index contributed by atoms with van der Waals surface area (Å²) in [5, 5.41) is 57.6.